The van der Waals surface area contributed by atoms with Crippen LogP contribution in [0.4, 0.5) is 18.9 Å². The molecule has 7 nitrogen and oxygen atoms in total. The third kappa shape index (κ3) is 3.95. The van der Waals surface area contributed by atoms with Crippen molar-refractivity contribution in [1.29, 1.82) is 0 Å². The number of fused-ring (bicyclic) bond motifs is 1. The van der Waals surface area contributed by atoms with Gasteiger partial charge in [-0.05, 0) is 42.0 Å². The van der Waals surface area contributed by atoms with Crippen LogP contribution < -0.4 is 20.9 Å². The van der Waals surface area contributed by atoms with Crippen LogP contribution in [-0.4, -0.2) is 7.11 Å². The van der Waals surface area contributed by atoms with Gasteiger partial charge in [-0.3, -0.25) is 10.9 Å². The zero-order valence-corrected chi connectivity index (χ0v) is 16.6. The lowest BCUT2D eigenvalue weighted by Gasteiger charge is -2.15. The quantitative estimate of drug-likeness (QED) is 0.471. The first kappa shape index (κ1) is 19.4. The van der Waals surface area contributed by atoms with E-state index in [1.54, 1.807) is 0 Å². The van der Waals surface area contributed by atoms with Gasteiger partial charge in [0.25, 0.3) is 0 Å². The van der Waals surface area contributed by atoms with Gasteiger partial charge in [0.05, 0.1) is 12.7 Å². The summed E-state index contributed by atoms with van der Waals surface area (Å²) in [5, 5.41) is 11.2. The molecule has 0 amide bonds. The number of hydrogen-bond acceptors (Lipinski definition) is 7. The lowest BCUT2D eigenvalue weighted by atomic mass is 10.1. The molecule has 0 saturated heterocycles. The molecule has 3 N–H and O–H groups in total. The Morgan fingerprint density at radius 2 is 1.93 bits per heavy atom. The number of benzene rings is 2. The SMILES string of the molecule is COc1ccc(NCc2cc3oc(C4NN=NN4)cc3cc2Br)cc1C(F)(F)F. The largest absolute Gasteiger partial charge is 0.496 e. The number of methoxy groups -OCH3 is 1. The maximum atomic E-state index is 13.2. The van der Waals surface area contributed by atoms with Gasteiger partial charge >= 0.3 is 6.18 Å². The van der Waals surface area contributed by atoms with Crippen LogP contribution in [0.1, 0.15) is 23.1 Å². The summed E-state index contributed by atoms with van der Waals surface area (Å²) in [6.45, 7) is 0.292. The van der Waals surface area contributed by atoms with E-state index in [0.717, 1.165) is 21.5 Å². The number of rotatable bonds is 5. The number of hydrogen-bond donors (Lipinski definition) is 3. The Labute approximate surface area is 171 Å². The molecular formula is C18H15BrF3N5O2. The zero-order valence-electron chi connectivity index (χ0n) is 15.0. The molecule has 0 bridgehead atoms. The molecule has 0 fully saturated rings. The molecule has 152 valence electrons. The van der Waals surface area contributed by atoms with Crippen molar-refractivity contribution in [2.45, 2.75) is 18.9 Å². The van der Waals surface area contributed by atoms with Crippen LogP contribution in [0, 0.1) is 0 Å². The summed E-state index contributed by atoms with van der Waals surface area (Å²) in [6.07, 6.45) is -4.85. The minimum atomic E-state index is -4.51. The van der Waals surface area contributed by atoms with Crippen LogP contribution in [0.3, 0.4) is 0 Å². The van der Waals surface area contributed by atoms with Crippen LogP contribution in [0.5, 0.6) is 5.75 Å². The molecule has 0 spiro atoms. The van der Waals surface area contributed by atoms with Crippen molar-refractivity contribution in [3.8, 4) is 5.75 Å². The van der Waals surface area contributed by atoms with E-state index >= 15 is 0 Å². The van der Waals surface area contributed by atoms with Gasteiger partial charge in [-0.1, -0.05) is 26.4 Å². The number of halogens is 4. The van der Waals surface area contributed by atoms with E-state index in [1.807, 2.05) is 18.2 Å². The van der Waals surface area contributed by atoms with Gasteiger partial charge in [0.2, 0.25) is 0 Å². The van der Waals surface area contributed by atoms with Gasteiger partial charge in [0, 0.05) is 22.1 Å². The topological polar surface area (TPSA) is 83.2 Å². The first-order valence-electron chi connectivity index (χ1n) is 8.47. The highest BCUT2D eigenvalue weighted by molar-refractivity contribution is 9.10. The Bertz CT molecular complexity index is 1080. The first-order chi connectivity index (χ1) is 13.8. The van der Waals surface area contributed by atoms with E-state index in [0.29, 0.717) is 23.6 Å². The zero-order chi connectivity index (χ0) is 20.6. The van der Waals surface area contributed by atoms with Gasteiger partial charge < -0.3 is 14.5 Å². The molecule has 1 aliphatic rings. The summed E-state index contributed by atoms with van der Waals surface area (Å²) < 4.78 is 51.0. The van der Waals surface area contributed by atoms with Crippen LogP contribution in [0.2, 0.25) is 0 Å². The molecule has 3 aromatic rings. The summed E-state index contributed by atoms with van der Waals surface area (Å²) in [6, 6.07) is 9.43. The molecule has 0 unspecified atom stereocenters. The fourth-order valence-corrected chi connectivity index (χ4v) is 3.47. The van der Waals surface area contributed by atoms with Crippen molar-refractivity contribution in [2.24, 2.45) is 10.4 Å². The van der Waals surface area contributed by atoms with Crippen molar-refractivity contribution in [3.05, 3.63) is 57.8 Å². The molecule has 0 atom stereocenters. The Morgan fingerprint density at radius 1 is 1.17 bits per heavy atom. The van der Waals surface area contributed by atoms with E-state index in [4.69, 9.17) is 9.15 Å². The molecular weight excluding hydrogens is 455 g/mol. The van der Waals surface area contributed by atoms with Crippen LogP contribution >= 0.6 is 15.9 Å². The lowest BCUT2D eigenvalue weighted by Crippen LogP contribution is -2.19. The Morgan fingerprint density at radius 3 is 2.62 bits per heavy atom. The predicted octanol–water partition coefficient (Wildman–Crippen LogP) is 5.31. The summed E-state index contributed by atoms with van der Waals surface area (Å²) in [5.41, 5.74) is 6.49. The Balaban J connectivity index is 1.56. The molecule has 1 aliphatic heterocycles. The second kappa shape index (κ2) is 7.47. The molecule has 2 aromatic carbocycles. The van der Waals surface area contributed by atoms with Gasteiger partial charge in [0.15, 0.2) is 11.9 Å². The minimum absolute atomic E-state index is 0.221. The normalized spacial score (nSPS) is 14.1. The van der Waals surface area contributed by atoms with Crippen molar-refractivity contribution >= 4 is 32.6 Å². The second-order valence-corrected chi connectivity index (χ2v) is 7.14. The second-order valence-electron chi connectivity index (χ2n) is 6.29. The first-order valence-corrected chi connectivity index (χ1v) is 9.26. The fraction of sp³-hybridized carbons (Fsp3) is 0.222. The summed E-state index contributed by atoms with van der Waals surface area (Å²) in [4.78, 5) is 0. The number of furan rings is 1. The van der Waals surface area contributed by atoms with Gasteiger partial charge in [0.1, 0.15) is 11.3 Å². The van der Waals surface area contributed by atoms with Gasteiger partial charge in [-0.25, -0.2) is 0 Å². The van der Waals surface area contributed by atoms with Crippen LogP contribution in [0.15, 0.2) is 55.7 Å². The highest BCUT2D eigenvalue weighted by atomic mass is 79.9. The minimum Gasteiger partial charge on any atom is -0.496 e. The Kier molecular flexibility index (Phi) is 4.99. The number of nitrogens with one attached hydrogen (secondary N) is 3. The van der Waals surface area contributed by atoms with E-state index in [1.165, 1.54) is 19.2 Å². The third-order valence-electron chi connectivity index (χ3n) is 4.40. The van der Waals surface area contributed by atoms with Crippen molar-refractivity contribution in [3.63, 3.8) is 0 Å². The highest BCUT2D eigenvalue weighted by Crippen LogP contribution is 2.38. The molecule has 2 heterocycles. The van der Waals surface area contributed by atoms with Gasteiger partial charge in [-0.2, -0.15) is 13.2 Å². The van der Waals surface area contributed by atoms with E-state index in [-0.39, 0.29) is 11.9 Å². The molecule has 0 aliphatic carbocycles. The van der Waals surface area contributed by atoms with Crippen molar-refractivity contribution in [1.82, 2.24) is 10.9 Å². The third-order valence-corrected chi connectivity index (χ3v) is 5.14. The maximum Gasteiger partial charge on any atom is 0.420 e. The Hall–Kier alpha value is -2.95. The van der Waals surface area contributed by atoms with Crippen LogP contribution in [0.25, 0.3) is 11.0 Å². The molecule has 1 aromatic heterocycles. The average molecular weight is 470 g/mol. The number of alkyl halides is 3. The predicted molar refractivity (Wildman–Crippen MR) is 103 cm³/mol. The molecule has 4 rings (SSSR count). The maximum absolute atomic E-state index is 13.2. The molecule has 0 radical (unpaired) electrons. The fourth-order valence-electron chi connectivity index (χ4n) is 2.97. The number of ether oxygens (including phenoxy) is 1. The van der Waals surface area contributed by atoms with Crippen molar-refractivity contribution in [2.75, 3.05) is 12.4 Å². The monoisotopic (exact) mass is 469 g/mol. The molecule has 29 heavy (non-hydrogen) atoms. The summed E-state index contributed by atoms with van der Waals surface area (Å²) in [7, 11) is 1.21. The smallest absolute Gasteiger partial charge is 0.420 e. The van der Waals surface area contributed by atoms with E-state index in [9.17, 15) is 13.2 Å². The molecule has 0 saturated carbocycles. The molecule has 11 heteroatoms. The number of nitrogens with zero attached hydrogens (tertiary/aromatic N) is 2. The van der Waals surface area contributed by atoms with E-state index < -0.39 is 11.7 Å². The van der Waals surface area contributed by atoms with E-state index in [2.05, 4.69) is 42.5 Å². The van der Waals surface area contributed by atoms with Crippen molar-refractivity contribution < 1.29 is 22.3 Å². The summed E-state index contributed by atoms with van der Waals surface area (Å²) in [5.74, 6) is 0.397. The lowest BCUT2D eigenvalue weighted by molar-refractivity contribution is -0.138. The standard InChI is InChI=1S/C18H15BrF3N5O2/c1-28-14-3-2-11(7-12(14)18(20,21)22)23-8-10-6-15-9(4-13(10)19)5-16(29-15)17-24-26-27-25-17/h2-7,17,23H,8H2,1H3,(H,24,27)(H,25,26). The summed E-state index contributed by atoms with van der Waals surface area (Å²) >= 11 is 3.50. The highest BCUT2D eigenvalue weighted by Gasteiger charge is 2.34. The van der Waals surface area contributed by atoms with Gasteiger partial charge in [-0.15, -0.1) is 0 Å². The number of anilines is 1. The average Bonchev–Trinajstić information content (AvgIpc) is 3.34. The van der Waals surface area contributed by atoms with Crippen LogP contribution in [-0.2, 0) is 12.7 Å².